The van der Waals surface area contributed by atoms with Crippen molar-refractivity contribution in [3.63, 3.8) is 0 Å². The first-order valence-corrected chi connectivity index (χ1v) is 4.70. The topological polar surface area (TPSA) is 38.9 Å². The third-order valence-corrected chi connectivity index (χ3v) is 2.94. The smallest absolute Gasteiger partial charge is 0.110 e. The van der Waals surface area contributed by atoms with Crippen LogP contribution in [0.25, 0.3) is 10.2 Å². The monoisotopic (exact) mass is 178 g/mol. The first-order chi connectivity index (χ1) is 5.77. The summed E-state index contributed by atoms with van der Waals surface area (Å²) in [7, 11) is 0. The van der Waals surface area contributed by atoms with Gasteiger partial charge in [-0.3, -0.25) is 0 Å². The maximum absolute atomic E-state index is 5.73. The molecule has 12 heavy (non-hydrogen) atoms. The average Bonchev–Trinajstić information content (AvgIpc) is 2.46. The molecular formula is C9H10N2S. The molecule has 0 bridgehead atoms. The van der Waals surface area contributed by atoms with Gasteiger partial charge in [-0.25, -0.2) is 4.98 Å². The molecule has 0 saturated heterocycles. The van der Waals surface area contributed by atoms with E-state index in [4.69, 9.17) is 5.73 Å². The van der Waals surface area contributed by atoms with Crippen molar-refractivity contribution >= 4 is 21.6 Å². The van der Waals surface area contributed by atoms with E-state index in [1.54, 1.807) is 11.3 Å². The van der Waals surface area contributed by atoms with Gasteiger partial charge in [-0.1, -0.05) is 12.1 Å². The van der Waals surface area contributed by atoms with E-state index >= 15 is 0 Å². The lowest BCUT2D eigenvalue weighted by Gasteiger charge is -1.95. The highest BCUT2D eigenvalue weighted by atomic mass is 32.1. The first-order valence-electron chi connectivity index (χ1n) is 3.88. The lowest BCUT2D eigenvalue weighted by Crippen LogP contribution is -2.03. The van der Waals surface area contributed by atoms with Crippen LogP contribution in [-0.2, 0) is 0 Å². The van der Waals surface area contributed by atoms with Gasteiger partial charge < -0.3 is 5.73 Å². The second-order valence-corrected chi connectivity index (χ2v) is 3.87. The van der Waals surface area contributed by atoms with Gasteiger partial charge in [0.25, 0.3) is 0 Å². The summed E-state index contributed by atoms with van der Waals surface area (Å²) in [6.07, 6.45) is 0. The Bertz CT molecular complexity index is 359. The molecule has 1 aromatic heterocycles. The van der Waals surface area contributed by atoms with Gasteiger partial charge in [-0.15, -0.1) is 11.3 Å². The molecule has 2 aromatic rings. The number of hydrogen-bond acceptors (Lipinski definition) is 3. The number of hydrogen-bond donors (Lipinski definition) is 1. The van der Waals surface area contributed by atoms with E-state index in [2.05, 4.69) is 11.1 Å². The number of benzene rings is 1. The Morgan fingerprint density at radius 3 is 2.83 bits per heavy atom. The molecule has 0 amide bonds. The molecule has 1 aromatic carbocycles. The Kier molecular flexibility index (Phi) is 1.83. The second kappa shape index (κ2) is 2.84. The fourth-order valence-corrected chi connectivity index (χ4v) is 2.00. The van der Waals surface area contributed by atoms with E-state index in [0.717, 1.165) is 10.5 Å². The van der Waals surface area contributed by atoms with Crippen LogP contribution in [0.1, 0.15) is 18.0 Å². The van der Waals surface area contributed by atoms with Crippen LogP contribution in [-0.4, -0.2) is 4.98 Å². The highest BCUT2D eigenvalue weighted by Crippen LogP contribution is 2.24. The van der Waals surface area contributed by atoms with Gasteiger partial charge in [-0.05, 0) is 19.1 Å². The molecule has 3 heteroatoms. The van der Waals surface area contributed by atoms with E-state index in [-0.39, 0.29) is 6.04 Å². The minimum atomic E-state index is 0.0439. The number of aromatic nitrogens is 1. The molecule has 62 valence electrons. The standard InChI is InChI=1S/C9H10N2S/c1-6(10)9-11-7-4-2-3-5-8(7)12-9/h2-6H,10H2,1H3/t6-/m0/s1. The van der Waals surface area contributed by atoms with Crippen molar-refractivity contribution in [2.75, 3.05) is 0 Å². The summed E-state index contributed by atoms with van der Waals surface area (Å²) < 4.78 is 1.21. The van der Waals surface area contributed by atoms with Gasteiger partial charge in [0, 0.05) is 0 Å². The second-order valence-electron chi connectivity index (χ2n) is 2.81. The Labute approximate surface area is 75.0 Å². The van der Waals surface area contributed by atoms with Crippen molar-refractivity contribution in [3.8, 4) is 0 Å². The Morgan fingerprint density at radius 2 is 2.17 bits per heavy atom. The van der Waals surface area contributed by atoms with E-state index < -0.39 is 0 Å². The Morgan fingerprint density at radius 1 is 1.42 bits per heavy atom. The summed E-state index contributed by atoms with van der Waals surface area (Å²) in [5.74, 6) is 0. The summed E-state index contributed by atoms with van der Waals surface area (Å²) in [6, 6.07) is 8.14. The molecule has 1 atom stereocenters. The number of para-hydroxylation sites is 1. The quantitative estimate of drug-likeness (QED) is 0.727. The summed E-state index contributed by atoms with van der Waals surface area (Å²) in [6.45, 7) is 1.96. The normalized spacial score (nSPS) is 13.5. The van der Waals surface area contributed by atoms with Crippen LogP contribution in [0, 0.1) is 0 Å². The predicted molar refractivity (Wildman–Crippen MR) is 52.2 cm³/mol. The maximum Gasteiger partial charge on any atom is 0.110 e. The number of thiazole rings is 1. The summed E-state index contributed by atoms with van der Waals surface area (Å²) in [5.41, 5.74) is 6.78. The highest BCUT2D eigenvalue weighted by Gasteiger charge is 2.05. The molecule has 2 rings (SSSR count). The fraction of sp³-hybridized carbons (Fsp3) is 0.222. The molecule has 0 unspecified atom stereocenters. The largest absolute Gasteiger partial charge is 0.322 e. The molecule has 2 N–H and O–H groups in total. The molecule has 0 spiro atoms. The third-order valence-electron chi connectivity index (χ3n) is 1.70. The van der Waals surface area contributed by atoms with E-state index in [1.165, 1.54) is 4.70 Å². The lowest BCUT2D eigenvalue weighted by molar-refractivity contribution is 0.810. The molecule has 0 fully saturated rings. The lowest BCUT2D eigenvalue weighted by atomic mass is 10.3. The van der Waals surface area contributed by atoms with Crippen LogP contribution in [0.5, 0.6) is 0 Å². The average molecular weight is 178 g/mol. The number of rotatable bonds is 1. The minimum absolute atomic E-state index is 0.0439. The van der Waals surface area contributed by atoms with E-state index in [0.29, 0.717) is 0 Å². The maximum atomic E-state index is 5.73. The first kappa shape index (κ1) is 7.71. The molecule has 1 heterocycles. The molecule has 2 nitrogen and oxygen atoms in total. The molecule has 0 aliphatic rings. The van der Waals surface area contributed by atoms with Crippen LogP contribution in [0.4, 0.5) is 0 Å². The van der Waals surface area contributed by atoms with Crippen LogP contribution in [0.3, 0.4) is 0 Å². The highest BCUT2D eigenvalue weighted by molar-refractivity contribution is 7.18. The molecule has 0 saturated carbocycles. The van der Waals surface area contributed by atoms with Crippen LogP contribution >= 0.6 is 11.3 Å². The number of fused-ring (bicyclic) bond motifs is 1. The summed E-state index contributed by atoms with van der Waals surface area (Å²) in [4.78, 5) is 4.41. The Balaban J connectivity index is 2.62. The SMILES string of the molecule is C[C@H](N)c1nc2ccccc2s1. The minimum Gasteiger partial charge on any atom is -0.322 e. The van der Waals surface area contributed by atoms with Crippen molar-refractivity contribution in [2.45, 2.75) is 13.0 Å². The van der Waals surface area contributed by atoms with Crippen molar-refractivity contribution < 1.29 is 0 Å². The van der Waals surface area contributed by atoms with Gasteiger partial charge in [0.1, 0.15) is 5.01 Å². The van der Waals surface area contributed by atoms with E-state index in [1.807, 2.05) is 25.1 Å². The van der Waals surface area contributed by atoms with Gasteiger partial charge in [0.15, 0.2) is 0 Å². The zero-order valence-corrected chi connectivity index (χ0v) is 7.64. The van der Waals surface area contributed by atoms with Gasteiger partial charge in [-0.2, -0.15) is 0 Å². The number of nitrogens with zero attached hydrogens (tertiary/aromatic N) is 1. The summed E-state index contributed by atoms with van der Waals surface area (Å²) >= 11 is 1.67. The van der Waals surface area contributed by atoms with Gasteiger partial charge in [0.2, 0.25) is 0 Å². The number of nitrogens with two attached hydrogens (primary N) is 1. The fourth-order valence-electron chi connectivity index (χ4n) is 1.08. The summed E-state index contributed by atoms with van der Waals surface area (Å²) in [5, 5.41) is 1.01. The Hall–Kier alpha value is -0.930. The van der Waals surface area contributed by atoms with Gasteiger partial charge >= 0.3 is 0 Å². The molecular weight excluding hydrogens is 168 g/mol. The van der Waals surface area contributed by atoms with Crippen molar-refractivity contribution in [1.82, 2.24) is 4.98 Å². The zero-order valence-electron chi connectivity index (χ0n) is 6.82. The van der Waals surface area contributed by atoms with Crippen LogP contribution in [0.15, 0.2) is 24.3 Å². The molecule has 0 aliphatic carbocycles. The van der Waals surface area contributed by atoms with Crippen molar-refractivity contribution in [3.05, 3.63) is 29.3 Å². The van der Waals surface area contributed by atoms with Crippen molar-refractivity contribution in [1.29, 1.82) is 0 Å². The molecule has 0 aliphatic heterocycles. The van der Waals surface area contributed by atoms with Crippen LogP contribution < -0.4 is 5.73 Å². The van der Waals surface area contributed by atoms with Crippen LogP contribution in [0.2, 0.25) is 0 Å². The van der Waals surface area contributed by atoms with Gasteiger partial charge in [0.05, 0.1) is 16.3 Å². The molecule has 0 radical (unpaired) electrons. The zero-order chi connectivity index (χ0) is 8.55. The van der Waals surface area contributed by atoms with Crippen molar-refractivity contribution in [2.24, 2.45) is 5.73 Å². The third kappa shape index (κ3) is 1.21. The predicted octanol–water partition coefficient (Wildman–Crippen LogP) is 2.32. The van der Waals surface area contributed by atoms with E-state index in [9.17, 15) is 0 Å².